The molecule has 1 atom stereocenters. The largest absolute Gasteiger partial charge is 0.481 e. The summed E-state index contributed by atoms with van der Waals surface area (Å²) in [4.78, 5) is 26.6. The fourth-order valence-corrected chi connectivity index (χ4v) is 2.96. The number of likely N-dealkylation sites (tertiary alicyclic amines) is 2. The molecular weight excluding hydrogens is 232 g/mol. The minimum Gasteiger partial charge on any atom is -0.481 e. The molecule has 102 valence electrons. The number of rotatable bonds is 3. The lowest BCUT2D eigenvalue weighted by atomic mass is 9.96. The molecule has 2 saturated heterocycles. The van der Waals surface area contributed by atoms with Gasteiger partial charge in [-0.3, -0.25) is 4.79 Å². The van der Waals surface area contributed by atoms with Crippen molar-refractivity contribution in [3.63, 3.8) is 0 Å². The van der Waals surface area contributed by atoms with Gasteiger partial charge in [0, 0.05) is 31.6 Å². The standard InChI is InChI=1S/C13H22N2O3/c1-2-11-5-3-4-6-15(11)13(18)14-8-10(9-14)7-12(16)17/h10-11H,2-9H2,1H3,(H,16,17). The Bertz CT molecular complexity index is 326. The van der Waals surface area contributed by atoms with Gasteiger partial charge >= 0.3 is 12.0 Å². The number of urea groups is 1. The van der Waals surface area contributed by atoms with Crippen LogP contribution in [0.25, 0.3) is 0 Å². The van der Waals surface area contributed by atoms with Crippen molar-refractivity contribution in [1.82, 2.24) is 9.80 Å². The van der Waals surface area contributed by atoms with E-state index in [0.29, 0.717) is 19.1 Å². The Balaban J connectivity index is 1.83. The number of hydrogen-bond donors (Lipinski definition) is 1. The highest BCUT2D eigenvalue weighted by molar-refractivity contribution is 5.76. The van der Waals surface area contributed by atoms with Gasteiger partial charge in [0.05, 0.1) is 6.42 Å². The van der Waals surface area contributed by atoms with E-state index in [1.807, 2.05) is 4.90 Å². The summed E-state index contributed by atoms with van der Waals surface area (Å²) in [7, 11) is 0. The van der Waals surface area contributed by atoms with E-state index in [2.05, 4.69) is 6.92 Å². The van der Waals surface area contributed by atoms with Gasteiger partial charge < -0.3 is 14.9 Å². The van der Waals surface area contributed by atoms with Crippen LogP contribution in [0.3, 0.4) is 0 Å². The van der Waals surface area contributed by atoms with E-state index < -0.39 is 5.97 Å². The van der Waals surface area contributed by atoms with Crippen LogP contribution in [-0.2, 0) is 4.79 Å². The molecule has 2 amide bonds. The summed E-state index contributed by atoms with van der Waals surface area (Å²) in [6.07, 6.45) is 4.60. The number of aliphatic carboxylic acids is 1. The number of carboxylic acids is 1. The first kappa shape index (κ1) is 13.2. The number of nitrogens with zero attached hydrogens (tertiary/aromatic N) is 2. The van der Waals surface area contributed by atoms with Crippen molar-refractivity contribution in [2.45, 2.75) is 45.1 Å². The second-order valence-electron chi connectivity index (χ2n) is 5.40. The molecule has 2 heterocycles. The summed E-state index contributed by atoms with van der Waals surface area (Å²) in [5, 5.41) is 8.69. The zero-order chi connectivity index (χ0) is 13.1. The Hall–Kier alpha value is -1.26. The summed E-state index contributed by atoms with van der Waals surface area (Å²) in [5.41, 5.74) is 0. The summed E-state index contributed by atoms with van der Waals surface area (Å²) in [6.45, 7) is 4.20. The predicted octanol–water partition coefficient (Wildman–Crippen LogP) is 1.78. The van der Waals surface area contributed by atoms with Gasteiger partial charge in [-0.05, 0) is 25.7 Å². The quantitative estimate of drug-likeness (QED) is 0.835. The van der Waals surface area contributed by atoms with E-state index in [1.54, 1.807) is 4.90 Å². The molecule has 0 radical (unpaired) electrons. The molecule has 2 aliphatic rings. The third-order valence-electron chi connectivity index (χ3n) is 4.04. The maximum Gasteiger partial charge on any atom is 0.320 e. The molecule has 5 heteroatoms. The number of amides is 2. The zero-order valence-corrected chi connectivity index (χ0v) is 11.0. The van der Waals surface area contributed by atoms with Crippen LogP contribution in [0.2, 0.25) is 0 Å². The Labute approximate surface area is 108 Å². The van der Waals surface area contributed by atoms with Crippen molar-refractivity contribution < 1.29 is 14.7 Å². The molecule has 5 nitrogen and oxygen atoms in total. The van der Waals surface area contributed by atoms with Gasteiger partial charge in [-0.2, -0.15) is 0 Å². The fourth-order valence-electron chi connectivity index (χ4n) is 2.96. The van der Waals surface area contributed by atoms with Crippen molar-refractivity contribution in [3.05, 3.63) is 0 Å². The maximum absolute atomic E-state index is 12.3. The Kier molecular flexibility index (Phi) is 4.09. The SMILES string of the molecule is CCC1CCCCN1C(=O)N1CC(CC(=O)O)C1. The lowest BCUT2D eigenvalue weighted by Crippen LogP contribution is -2.58. The summed E-state index contributed by atoms with van der Waals surface area (Å²) < 4.78 is 0. The van der Waals surface area contributed by atoms with Gasteiger partial charge in [0.15, 0.2) is 0 Å². The van der Waals surface area contributed by atoms with Crippen LogP contribution in [-0.4, -0.2) is 52.6 Å². The van der Waals surface area contributed by atoms with Crippen LogP contribution in [0.4, 0.5) is 4.79 Å². The molecule has 2 aliphatic heterocycles. The molecule has 0 aromatic rings. The smallest absolute Gasteiger partial charge is 0.320 e. The molecule has 2 rings (SSSR count). The van der Waals surface area contributed by atoms with Gasteiger partial charge in [-0.1, -0.05) is 6.92 Å². The van der Waals surface area contributed by atoms with Crippen molar-refractivity contribution in [2.24, 2.45) is 5.92 Å². The second-order valence-corrected chi connectivity index (χ2v) is 5.40. The van der Waals surface area contributed by atoms with E-state index in [-0.39, 0.29) is 18.4 Å². The van der Waals surface area contributed by atoms with Crippen molar-refractivity contribution in [2.75, 3.05) is 19.6 Å². The first-order valence-electron chi connectivity index (χ1n) is 6.89. The highest BCUT2D eigenvalue weighted by Gasteiger charge is 2.36. The minimum atomic E-state index is -0.767. The molecule has 1 N–H and O–H groups in total. The van der Waals surface area contributed by atoms with Gasteiger partial charge in [0.1, 0.15) is 0 Å². The third kappa shape index (κ3) is 2.76. The summed E-state index contributed by atoms with van der Waals surface area (Å²) in [6, 6.07) is 0.493. The first-order chi connectivity index (χ1) is 8.61. The van der Waals surface area contributed by atoms with E-state index >= 15 is 0 Å². The maximum atomic E-state index is 12.3. The Morgan fingerprint density at radius 2 is 2.00 bits per heavy atom. The van der Waals surface area contributed by atoms with Crippen LogP contribution in [0.15, 0.2) is 0 Å². The van der Waals surface area contributed by atoms with Crippen molar-refractivity contribution in [1.29, 1.82) is 0 Å². The van der Waals surface area contributed by atoms with Crippen LogP contribution in [0.1, 0.15) is 39.0 Å². The molecule has 0 aromatic heterocycles. The number of carbonyl (C=O) groups excluding carboxylic acids is 1. The lowest BCUT2D eigenvalue weighted by Gasteiger charge is -2.45. The van der Waals surface area contributed by atoms with E-state index in [1.165, 1.54) is 6.42 Å². The van der Waals surface area contributed by atoms with Gasteiger partial charge in [0.25, 0.3) is 0 Å². The molecule has 2 fully saturated rings. The molecule has 0 aliphatic carbocycles. The van der Waals surface area contributed by atoms with Crippen molar-refractivity contribution in [3.8, 4) is 0 Å². The average Bonchev–Trinajstić information content (AvgIpc) is 2.32. The van der Waals surface area contributed by atoms with E-state index in [9.17, 15) is 9.59 Å². The zero-order valence-electron chi connectivity index (χ0n) is 11.0. The second kappa shape index (κ2) is 5.59. The third-order valence-corrected chi connectivity index (χ3v) is 4.04. The topological polar surface area (TPSA) is 60.9 Å². The van der Waals surface area contributed by atoms with Crippen LogP contribution >= 0.6 is 0 Å². The molecule has 0 bridgehead atoms. The van der Waals surface area contributed by atoms with Gasteiger partial charge in [0.2, 0.25) is 0 Å². The van der Waals surface area contributed by atoms with E-state index in [4.69, 9.17) is 5.11 Å². The number of carbonyl (C=O) groups is 2. The number of piperidine rings is 1. The van der Waals surface area contributed by atoms with Gasteiger partial charge in [-0.25, -0.2) is 4.79 Å². The van der Waals surface area contributed by atoms with Crippen molar-refractivity contribution >= 4 is 12.0 Å². The lowest BCUT2D eigenvalue weighted by molar-refractivity contribution is -0.139. The fraction of sp³-hybridized carbons (Fsp3) is 0.846. The summed E-state index contributed by atoms with van der Waals surface area (Å²) in [5.74, 6) is -0.618. The highest BCUT2D eigenvalue weighted by atomic mass is 16.4. The van der Waals surface area contributed by atoms with Crippen LogP contribution in [0.5, 0.6) is 0 Å². The minimum absolute atomic E-state index is 0.114. The van der Waals surface area contributed by atoms with Crippen LogP contribution in [0, 0.1) is 5.92 Å². The Morgan fingerprint density at radius 3 is 2.61 bits per heavy atom. The molecule has 0 spiro atoms. The normalized spacial score (nSPS) is 24.8. The Morgan fingerprint density at radius 1 is 1.28 bits per heavy atom. The van der Waals surface area contributed by atoms with Crippen LogP contribution < -0.4 is 0 Å². The number of carboxylic acid groups (broad SMARTS) is 1. The molecule has 18 heavy (non-hydrogen) atoms. The van der Waals surface area contributed by atoms with Gasteiger partial charge in [-0.15, -0.1) is 0 Å². The average molecular weight is 254 g/mol. The molecular formula is C13H22N2O3. The summed E-state index contributed by atoms with van der Waals surface area (Å²) >= 11 is 0. The molecule has 0 aromatic carbocycles. The highest BCUT2D eigenvalue weighted by Crippen LogP contribution is 2.25. The first-order valence-corrected chi connectivity index (χ1v) is 6.89. The predicted molar refractivity (Wildman–Crippen MR) is 67.3 cm³/mol. The monoisotopic (exact) mass is 254 g/mol. The molecule has 0 saturated carbocycles. The van der Waals surface area contributed by atoms with E-state index in [0.717, 1.165) is 25.8 Å². The molecule has 1 unspecified atom stereocenters. The number of hydrogen-bond acceptors (Lipinski definition) is 2.